The van der Waals surface area contributed by atoms with Gasteiger partial charge in [-0.1, -0.05) is 19.8 Å². The number of hydrogen-bond acceptors (Lipinski definition) is 10. The first-order valence-corrected chi connectivity index (χ1v) is 13.2. The molecule has 13 nitrogen and oxygen atoms in total. The molecular formula is C20H32N5O8P. The molecule has 0 spiro atoms. The average Bonchev–Trinajstić information content (AvgIpc) is 3.50. The van der Waals surface area contributed by atoms with Crippen LogP contribution in [0.4, 0.5) is 5.82 Å². The van der Waals surface area contributed by atoms with E-state index >= 15 is 0 Å². The molecule has 1 saturated carbocycles. The van der Waals surface area contributed by atoms with Crippen molar-refractivity contribution in [2.45, 2.75) is 81.9 Å². The monoisotopic (exact) mass is 501 g/mol. The highest BCUT2D eigenvalue weighted by Crippen LogP contribution is 2.42. The zero-order chi connectivity index (χ0) is 24.5. The van der Waals surface area contributed by atoms with Gasteiger partial charge in [-0.25, -0.2) is 14.6 Å². The number of aryl methyl sites for hydroxylation is 1. The number of hydrogen-bond donors (Lipinski definition) is 6. The predicted octanol–water partition coefficient (Wildman–Crippen LogP) is 0.265. The second-order valence-electron chi connectivity index (χ2n) is 8.80. The standard InChI is InChI=1S/C20H32N5O8P/c1-2-5-14-23-18(22-11-6-3-4-7-11)12-8-21-25(19(12)24-14)20-17(28)16(27)13(33-20)10-32-15(9-26)34(29,30)31/h8,11,13,15-17,20,26-28H,2-7,9-10H2,1H3,(H,22,23,24)(H2,29,30,31)/t13-,15?,16-,17-,20-/m1/s1. The lowest BCUT2D eigenvalue weighted by atomic mass is 10.1. The highest BCUT2D eigenvalue weighted by atomic mass is 31.2. The molecule has 1 saturated heterocycles. The van der Waals surface area contributed by atoms with E-state index in [-0.39, 0.29) is 0 Å². The number of anilines is 1. The molecule has 2 aromatic rings. The highest BCUT2D eigenvalue weighted by Gasteiger charge is 2.46. The van der Waals surface area contributed by atoms with Gasteiger partial charge in [-0.2, -0.15) is 5.10 Å². The fraction of sp³-hybridized carbons (Fsp3) is 0.750. The minimum Gasteiger partial charge on any atom is -0.393 e. The maximum atomic E-state index is 11.4. The first kappa shape index (κ1) is 25.4. The van der Waals surface area contributed by atoms with Crippen LogP contribution in [0.5, 0.6) is 0 Å². The fourth-order valence-electron chi connectivity index (χ4n) is 4.40. The molecule has 2 aliphatic rings. The summed E-state index contributed by atoms with van der Waals surface area (Å²) < 4.78 is 23.6. The smallest absolute Gasteiger partial charge is 0.356 e. The third-order valence-corrected chi connectivity index (χ3v) is 7.29. The van der Waals surface area contributed by atoms with Gasteiger partial charge in [-0.05, 0) is 19.3 Å². The molecule has 34 heavy (non-hydrogen) atoms. The Morgan fingerprint density at radius 2 is 2.00 bits per heavy atom. The van der Waals surface area contributed by atoms with Crippen LogP contribution in [0.1, 0.15) is 51.1 Å². The molecule has 1 aliphatic carbocycles. The highest BCUT2D eigenvalue weighted by molar-refractivity contribution is 7.52. The van der Waals surface area contributed by atoms with Crippen LogP contribution in [0, 0.1) is 0 Å². The summed E-state index contributed by atoms with van der Waals surface area (Å²) >= 11 is 0. The van der Waals surface area contributed by atoms with Crippen LogP contribution < -0.4 is 5.32 Å². The summed E-state index contributed by atoms with van der Waals surface area (Å²) in [6.45, 7) is 0.669. The van der Waals surface area contributed by atoms with Crippen molar-refractivity contribution in [3.05, 3.63) is 12.0 Å². The number of ether oxygens (including phenoxy) is 2. The number of nitrogens with one attached hydrogen (secondary N) is 1. The fourth-order valence-corrected chi connectivity index (χ4v) is 4.89. The van der Waals surface area contributed by atoms with Crippen LogP contribution in [-0.2, 0) is 20.5 Å². The summed E-state index contributed by atoms with van der Waals surface area (Å²) in [6.07, 6.45) is 2.52. The van der Waals surface area contributed by atoms with Crippen molar-refractivity contribution in [3.8, 4) is 0 Å². The SMILES string of the molecule is CCCc1nc(NC2CCCC2)c2cnn([C@@H]3O[C@H](COC(CO)P(=O)(O)O)[C@@H](O)[C@H]3O)c2n1. The Kier molecular flexibility index (Phi) is 7.85. The Hall–Kier alpha value is -1.70. The Balaban J connectivity index is 1.58. The summed E-state index contributed by atoms with van der Waals surface area (Å²) in [7, 11) is -4.71. The van der Waals surface area contributed by atoms with E-state index in [0.29, 0.717) is 35.1 Å². The minimum absolute atomic E-state index is 0.320. The van der Waals surface area contributed by atoms with Gasteiger partial charge >= 0.3 is 7.60 Å². The van der Waals surface area contributed by atoms with Crippen molar-refractivity contribution in [1.29, 1.82) is 0 Å². The molecule has 6 N–H and O–H groups in total. The van der Waals surface area contributed by atoms with Crippen molar-refractivity contribution < 1.29 is 39.1 Å². The second kappa shape index (κ2) is 10.5. The molecule has 190 valence electrons. The van der Waals surface area contributed by atoms with Crippen molar-refractivity contribution in [2.24, 2.45) is 0 Å². The molecule has 0 radical (unpaired) electrons. The van der Waals surface area contributed by atoms with Crippen LogP contribution in [0.3, 0.4) is 0 Å². The summed E-state index contributed by atoms with van der Waals surface area (Å²) in [4.78, 5) is 27.7. The zero-order valence-electron chi connectivity index (χ0n) is 18.9. The molecule has 1 unspecified atom stereocenters. The molecule has 5 atom stereocenters. The number of rotatable bonds is 10. The van der Waals surface area contributed by atoms with Crippen LogP contribution in [-0.4, -0.2) is 88.3 Å². The number of aliphatic hydroxyl groups excluding tert-OH is 3. The van der Waals surface area contributed by atoms with Gasteiger partial charge in [0.25, 0.3) is 0 Å². The van der Waals surface area contributed by atoms with Gasteiger partial charge in [0.05, 0.1) is 24.8 Å². The molecule has 0 amide bonds. The summed E-state index contributed by atoms with van der Waals surface area (Å²) in [5, 5.41) is 38.8. The molecule has 2 fully saturated rings. The molecular weight excluding hydrogens is 469 g/mol. The van der Waals surface area contributed by atoms with Crippen molar-refractivity contribution in [3.63, 3.8) is 0 Å². The van der Waals surface area contributed by atoms with E-state index in [1.165, 1.54) is 4.68 Å². The summed E-state index contributed by atoms with van der Waals surface area (Å²) in [5.74, 6) is -0.455. The normalized spacial score (nSPS) is 27.0. The van der Waals surface area contributed by atoms with Crippen LogP contribution >= 0.6 is 7.60 Å². The lowest BCUT2D eigenvalue weighted by Gasteiger charge is -2.20. The Bertz CT molecular complexity index is 1030. The molecule has 1 aliphatic heterocycles. The van der Waals surface area contributed by atoms with E-state index < -0.39 is 51.2 Å². The van der Waals surface area contributed by atoms with Gasteiger partial charge in [-0.15, -0.1) is 0 Å². The maximum absolute atomic E-state index is 11.4. The number of nitrogens with zero attached hydrogens (tertiary/aromatic N) is 4. The minimum atomic E-state index is -4.71. The molecule has 3 heterocycles. The van der Waals surface area contributed by atoms with Crippen molar-refractivity contribution in [1.82, 2.24) is 19.7 Å². The van der Waals surface area contributed by atoms with E-state index in [1.807, 2.05) is 6.92 Å². The van der Waals surface area contributed by atoms with Gasteiger partial charge in [0.1, 0.15) is 30.0 Å². The molecule has 0 aromatic carbocycles. The lowest BCUT2D eigenvalue weighted by molar-refractivity contribution is -0.0807. The van der Waals surface area contributed by atoms with Crippen LogP contribution in [0.15, 0.2) is 6.20 Å². The number of aliphatic hydroxyl groups is 3. The number of aromatic nitrogens is 4. The predicted molar refractivity (Wildman–Crippen MR) is 120 cm³/mol. The maximum Gasteiger partial charge on any atom is 0.356 e. The lowest BCUT2D eigenvalue weighted by Crippen LogP contribution is -2.35. The van der Waals surface area contributed by atoms with E-state index in [0.717, 1.165) is 32.1 Å². The van der Waals surface area contributed by atoms with Gasteiger partial charge in [0.15, 0.2) is 17.7 Å². The molecule has 4 rings (SSSR count). The first-order valence-electron chi connectivity index (χ1n) is 11.5. The zero-order valence-corrected chi connectivity index (χ0v) is 19.8. The van der Waals surface area contributed by atoms with E-state index in [2.05, 4.69) is 20.4 Å². The van der Waals surface area contributed by atoms with E-state index in [1.54, 1.807) is 6.20 Å². The Labute approximate surface area is 196 Å². The first-order chi connectivity index (χ1) is 16.2. The van der Waals surface area contributed by atoms with Gasteiger partial charge < -0.3 is 39.9 Å². The average molecular weight is 501 g/mol. The van der Waals surface area contributed by atoms with Gasteiger partial charge in [0.2, 0.25) is 0 Å². The quantitative estimate of drug-likeness (QED) is 0.244. The Morgan fingerprint density at radius 1 is 1.26 bits per heavy atom. The summed E-state index contributed by atoms with van der Waals surface area (Å²) in [5.41, 5.74) is 0.445. The van der Waals surface area contributed by atoms with Gasteiger partial charge in [-0.3, -0.25) is 4.57 Å². The van der Waals surface area contributed by atoms with Crippen LogP contribution in [0.25, 0.3) is 11.0 Å². The van der Waals surface area contributed by atoms with E-state index in [9.17, 15) is 24.6 Å². The van der Waals surface area contributed by atoms with Crippen LogP contribution in [0.2, 0.25) is 0 Å². The third kappa shape index (κ3) is 5.26. The Morgan fingerprint density at radius 3 is 2.65 bits per heavy atom. The summed E-state index contributed by atoms with van der Waals surface area (Å²) in [6, 6.07) is 0.320. The van der Waals surface area contributed by atoms with Gasteiger partial charge in [0, 0.05) is 12.5 Å². The van der Waals surface area contributed by atoms with Crippen molar-refractivity contribution in [2.75, 3.05) is 18.5 Å². The third-order valence-electron chi connectivity index (χ3n) is 6.23. The van der Waals surface area contributed by atoms with E-state index in [4.69, 9.17) is 14.6 Å². The second-order valence-corrected chi connectivity index (χ2v) is 10.6. The molecule has 0 bridgehead atoms. The molecule has 2 aromatic heterocycles. The number of fused-ring (bicyclic) bond motifs is 1. The molecule has 14 heteroatoms. The largest absolute Gasteiger partial charge is 0.393 e. The van der Waals surface area contributed by atoms with Crippen molar-refractivity contribution >= 4 is 24.4 Å². The topological polar surface area (TPSA) is 192 Å².